The van der Waals surface area contributed by atoms with Crippen LogP contribution in [-0.4, -0.2) is 43.5 Å². The van der Waals surface area contributed by atoms with Crippen LogP contribution in [0.4, 0.5) is 0 Å². The molecule has 0 saturated carbocycles. The molecule has 0 N–H and O–H groups in total. The molecule has 4 aromatic rings. The average molecular weight is 565 g/mol. The second-order valence-electron chi connectivity index (χ2n) is 13.3. The van der Waals surface area contributed by atoms with Crippen LogP contribution in [0, 0.1) is 0 Å². The van der Waals surface area contributed by atoms with Crippen LogP contribution < -0.4 is 0 Å². The van der Waals surface area contributed by atoms with E-state index in [1.165, 1.54) is 60.8 Å². The number of rotatable bonds is 10. The maximum absolute atomic E-state index is 2.70. The topological polar surface area (TPSA) is 0 Å². The zero-order valence-electron chi connectivity index (χ0n) is 27.1. The van der Waals surface area contributed by atoms with Gasteiger partial charge in [-0.1, -0.05) is 0 Å². The predicted molar refractivity (Wildman–Crippen MR) is 191 cm³/mol. The molecule has 0 nitrogen and oxygen atoms in total. The summed E-state index contributed by atoms with van der Waals surface area (Å²) in [7, 11) is -2.22. The average Bonchev–Trinajstić information content (AvgIpc) is 3.50. The van der Waals surface area contributed by atoms with Gasteiger partial charge >= 0.3 is 281 Å². The van der Waals surface area contributed by atoms with Crippen molar-refractivity contribution in [2.75, 3.05) is 0 Å². The molecule has 2 aliphatic rings. The first kappa shape index (κ1) is 30.8. The van der Waals surface area contributed by atoms with E-state index in [1.807, 2.05) is 0 Å². The third-order valence-corrected chi connectivity index (χ3v) is 14.0. The minimum absolute atomic E-state index is 0.467. The van der Waals surface area contributed by atoms with Gasteiger partial charge in [0.25, 0.3) is 0 Å². The molecule has 0 spiro atoms. The predicted octanol–water partition coefficient (Wildman–Crippen LogP) is 10.8. The summed E-state index contributed by atoms with van der Waals surface area (Å²) >= 11 is 4.98. The van der Waals surface area contributed by atoms with Crippen LogP contribution in [0.1, 0.15) is 83.8 Å². The van der Waals surface area contributed by atoms with Crippen molar-refractivity contribution < 1.29 is 0 Å². The molecule has 0 amide bonds. The summed E-state index contributed by atoms with van der Waals surface area (Å²) in [6, 6.07) is 36.6. The van der Waals surface area contributed by atoms with E-state index in [0.717, 1.165) is 0 Å². The van der Waals surface area contributed by atoms with Gasteiger partial charge in [-0.2, -0.15) is 0 Å². The number of allylic oxidation sites excluding steroid dienone is 2. The Kier molecular flexibility index (Phi) is 9.32. The first-order valence-electron chi connectivity index (χ1n) is 16.7. The molecule has 2 unspecified atom stereocenters. The van der Waals surface area contributed by atoms with Crippen molar-refractivity contribution in [3.8, 4) is 22.3 Å². The minimum atomic E-state index is -2.22. The molecule has 208 valence electrons. The molecule has 2 atom stereocenters. The molecule has 2 aliphatic carbocycles. The van der Waals surface area contributed by atoms with Gasteiger partial charge in [0.1, 0.15) is 0 Å². The Bertz CT molecular complexity index is 1560. The van der Waals surface area contributed by atoms with E-state index in [1.54, 1.807) is 43.8 Å². The van der Waals surface area contributed by atoms with Gasteiger partial charge in [-0.25, -0.2) is 0 Å². The fourth-order valence-corrected chi connectivity index (χ4v) is 12.6. The van der Waals surface area contributed by atoms with E-state index in [0.29, 0.717) is 9.18 Å². The third kappa shape index (κ3) is 5.48. The summed E-state index contributed by atoms with van der Waals surface area (Å²) in [5, 5.41) is 3.46. The first-order chi connectivity index (χ1) is 20.9. The molecule has 0 saturated heterocycles. The van der Waals surface area contributed by atoms with Crippen LogP contribution in [0.15, 0.2) is 108 Å². The fraction of sp³-hybridized carbons (Fsp3) is 0.300. The van der Waals surface area contributed by atoms with Crippen molar-refractivity contribution in [2.45, 2.75) is 74.6 Å². The Morgan fingerprint density at radius 1 is 0.535 bits per heavy atom. The second kappa shape index (κ2) is 13.0. The number of hydrogen-bond donors (Lipinski definition) is 0. The summed E-state index contributed by atoms with van der Waals surface area (Å²) in [5.41, 5.74) is 15.2. The van der Waals surface area contributed by atoms with E-state index in [-0.39, 0.29) is 0 Å². The summed E-state index contributed by atoms with van der Waals surface area (Å²) in [4.78, 5) is 0. The van der Waals surface area contributed by atoms with Crippen LogP contribution in [-0.2, 0) is 0 Å². The van der Waals surface area contributed by atoms with Crippen LogP contribution in [0.5, 0.6) is 0 Å². The Labute approximate surface area is 279 Å². The standard InChI is InChI=1S/C40H42Si.2Li/c1-5-7-17-33-27-31-23-15-25-35(29-19-11-9-12-20-29)37(31)39(33)41(3,4)40-34(18-8-6-2)28-32-24-16-26-36(38(32)40)30-21-13-10-14-22-30;;/h9-16,19-28H,5-8,17-18H2,1-4H3;;. The van der Waals surface area contributed by atoms with E-state index < -0.39 is 8.07 Å². The molecule has 0 heterocycles. The maximum atomic E-state index is 2.70. The summed E-state index contributed by atoms with van der Waals surface area (Å²) in [6.07, 6.45) is 7.38. The van der Waals surface area contributed by atoms with Gasteiger partial charge in [-0.15, -0.1) is 0 Å². The van der Waals surface area contributed by atoms with Gasteiger partial charge in [0.05, 0.1) is 0 Å². The molecule has 0 aromatic heterocycles. The summed E-state index contributed by atoms with van der Waals surface area (Å²) in [6.45, 7) is 10.1. The summed E-state index contributed by atoms with van der Waals surface area (Å²) in [5.74, 6) is 0. The van der Waals surface area contributed by atoms with E-state index in [2.05, 4.69) is 159 Å². The normalized spacial score (nSPS) is 18.0. The van der Waals surface area contributed by atoms with Crippen molar-refractivity contribution in [1.82, 2.24) is 0 Å². The zero-order valence-corrected chi connectivity index (χ0v) is 28.1. The first-order valence-corrected chi connectivity index (χ1v) is 19.7. The van der Waals surface area contributed by atoms with Gasteiger partial charge in [0, 0.05) is 0 Å². The van der Waals surface area contributed by atoms with Crippen LogP contribution in [0.2, 0.25) is 13.1 Å². The van der Waals surface area contributed by atoms with Crippen LogP contribution >= 0.6 is 0 Å². The molecule has 0 bridgehead atoms. The quantitative estimate of drug-likeness (QED) is 0.168. The molecular formula is C40H42Li2Si. The number of fused-ring (bicyclic) bond motifs is 2. The van der Waals surface area contributed by atoms with Crippen LogP contribution in [0.3, 0.4) is 0 Å². The molecule has 3 heteroatoms. The Balaban J connectivity index is 1.65. The van der Waals surface area contributed by atoms with Crippen molar-refractivity contribution in [3.63, 3.8) is 0 Å². The van der Waals surface area contributed by atoms with Gasteiger partial charge in [0.2, 0.25) is 0 Å². The van der Waals surface area contributed by atoms with Gasteiger partial charge in [-0.3, -0.25) is 0 Å². The van der Waals surface area contributed by atoms with Gasteiger partial charge < -0.3 is 0 Å². The molecule has 0 radical (unpaired) electrons. The Hall–Kier alpha value is -2.23. The van der Waals surface area contributed by atoms with Crippen LogP contribution in [0.25, 0.3) is 32.6 Å². The molecule has 4 aromatic carbocycles. The van der Waals surface area contributed by atoms with Crippen molar-refractivity contribution in [2.24, 2.45) is 0 Å². The third-order valence-electron chi connectivity index (χ3n) is 10.3. The number of benzene rings is 4. The SMILES string of the molecule is [Li][CH]1C(CCCC)=C([Si](C)(C)C2=C(CCCC)[CH]([Li])c3cccc(-c4ccccc4)c32)c2c(-c3ccccc3)cccc21. The Morgan fingerprint density at radius 3 is 1.30 bits per heavy atom. The fourth-order valence-electron chi connectivity index (χ4n) is 8.24. The monoisotopic (exact) mass is 564 g/mol. The van der Waals surface area contributed by atoms with Crippen molar-refractivity contribution in [1.29, 1.82) is 0 Å². The van der Waals surface area contributed by atoms with E-state index in [9.17, 15) is 0 Å². The summed E-state index contributed by atoms with van der Waals surface area (Å²) < 4.78 is 0.934. The van der Waals surface area contributed by atoms with Gasteiger partial charge in [0.15, 0.2) is 0 Å². The molecule has 6 rings (SSSR count). The number of unbranched alkanes of at least 4 members (excludes halogenated alkanes) is 2. The van der Waals surface area contributed by atoms with Crippen molar-refractivity contribution >= 4 is 53.9 Å². The molecular weight excluding hydrogens is 522 g/mol. The Morgan fingerprint density at radius 2 is 0.930 bits per heavy atom. The van der Waals surface area contributed by atoms with Crippen molar-refractivity contribution in [3.05, 3.63) is 130 Å². The van der Waals surface area contributed by atoms with E-state index in [4.69, 9.17) is 0 Å². The molecule has 43 heavy (non-hydrogen) atoms. The molecule has 0 fully saturated rings. The van der Waals surface area contributed by atoms with Gasteiger partial charge in [-0.05, 0) is 0 Å². The van der Waals surface area contributed by atoms with E-state index >= 15 is 0 Å². The second-order valence-corrected chi connectivity index (χ2v) is 17.6. The molecule has 0 aliphatic heterocycles. The zero-order chi connectivity index (χ0) is 30.1. The number of hydrogen-bond acceptors (Lipinski definition) is 0.